The summed E-state index contributed by atoms with van der Waals surface area (Å²) in [5.41, 5.74) is 2.30. The third-order valence-corrected chi connectivity index (χ3v) is 4.33. The predicted octanol–water partition coefficient (Wildman–Crippen LogP) is 5.41. The van der Waals surface area contributed by atoms with Crippen LogP contribution < -0.4 is 0 Å². The van der Waals surface area contributed by atoms with Crippen LogP contribution in [-0.2, 0) is 9.47 Å². The van der Waals surface area contributed by atoms with Crippen molar-refractivity contribution >= 4 is 10.8 Å². The van der Waals surface area contributed by atoms with Crippen LogP contribution >= 0.6 is 0 Å². The van der Waals surface area contributed by atoms with Gasteiger partial charge in [-0.1, -0.05) is 66.7 Å². The zero-order valence-corrected chi connectivity index (χ0v) is 13.4. The van der Waals surface area contributed by atoms with Crippen molar-refractivity contribution in [3.8, 4) is 0 Å². The van der Waals surface area contributed by atoms with Crippen LogP contribution in [0.2, 0.25) is 0 Å². The Morgan fingerprint density at radius 3 is 2.00 bits per heavy atom. The molecule has 3 aromatic carbocycles. The van der Waals surface area contributed by atoms with Crippen LogP contribution in [0.3, 0.4) is 0 Å². The first-order valence-electron chi connectivity index (χ1n) is 8.02. The van der Waals surface area contributed by atoms with Gasteiger partial charge >= 0.3 is 0 Å². The number of hydrogen-bond donors (Lipinski definition) is 0. The fourth-order valence-electron chi connectivity index (χ4n) is 3.28. The quantitative estimate of drug-likeness (QED) is 0.630. The van der Waals surface area contributed by atoms with Gasteiger partial charge in [0, 0.05) is 0 Å². The highest BCUT2D eigenvalue weighted by molar-refractivity contribution is 5.83. The molecule has 1 fully saturated rings. The van der Waals surface area contributed by atoms with Gasteiger partial charge in [-0.05, 0) is 41.8 Å². The minimum atomic E-state index is -0.586. The lowest BCUT2D eigenvalue weighted by Gasteiger charge is -2.18. The Morgan fingerprint density at radius 1 is 0.652 bits per heavy atom. The summed E-state index contributed by atoms with van der Waals surface area (Å²) < 4.78 is 12.4. The Balaban J connectivity index is 1.77. The standard InChI is InChI=1S/C21H20O2/c1-21(2)22-19(16-9-4-3-5-10-16)20(23-21)18-13-12-15-8-6-7-11-17(15)14-18/h3-14,19-20H,1-2H3/t19-,20-/m0/s1. The third kappa shape index (κ3) is 2.76. The molecule has 2 heteroatoms. The van der Waals surface area contributed by atoms with E-state index in [1.54, 1.807) is 0 Å². The average molecular weight is 304 g/mol. The Morgan fingerprint density at radius 2 is 1.26 bits per heavy atom. The van der Waals surface area contributed by atoms with Crippen molar-refractivity contribution in [3.05, 3.63) is 83.9 Å². The van der Waals surface area contributed by atoms with E-state index in [0.717, 1.165) is 11.1 Å². The molecule has 0 spiro atoms. The van der Waals surface area contributed by atoms with Crippen molar-refractivity contribution in [1.29, 1.82) is 0 Å². The Labute approximate surface area is 136 Å². The maximum atomic E-state index is 6.23. The van der Waals surface area contributed by atoms with E-state index in [9.17, 15) is 0 Å². The van der Waals surface area contributed by atoms with E-state index in [-0.39, 0.29) is 12.2 Å². The summed E-state index contributed by atoms with van der Waals surface area (Å²) in [6.07, 6.45) is -0.190. The maximum absolute atomic E-state index is 6.23. The molecule has 0 saturated carbocycles. The fraction of sp³-hybridized carbons (Fsp3) is 0.238. The summed E-state index contributed by atoms with van der Waals surface area (Å²) in [7, 11) is 0. The summed E-state index contributed by atoms with van der Waals surface area (Å²) >= 11 is 0. The molecular formula is C21H20O2. The molecule has 1 aliphatic heterocycles. The minimum absolute atomic E-state index is 0.0904. The van der Waals surface area contributed by atoms with Crippen molar-refractivity contribution in [1.82, 2.24) is 0 Å². The van der Waals surface area contributed by atoms with E-state index in [4.69, 9.17) is 9.47 Å². The van der Waals surface area contributed by atoms with Gasteiger partial charge in [0.1, 0.15) is 12.2 Å². The van der Waals surface area contributed by atoms with Gasteiger partial charge in [-0.2, -0.15) is 0 Å². The third-order valence-electron chi connectivity index (χ3n) is 4.33. The van der Waals surface area contributed by atoms with Crippen molar-refractivity contribution in [2.45, 2.75) is 31.8 Å². The van der Waals surface area contributed by atoms with Gasteiger partial charge in [0.15, 0.2) is 5.79 Å². The molecule has 3 aromatic rings. The summed E-state index contributed by atoms with van der Waals surface area (Å²) in [5, 5.41) is 2.47. The summed E-state index contributed by atoms with van der Waals surface area (Å²) in [6.45, 7) is 3.95. The smallest absolute Gasteiger partial charge is 0.164 e. The van der Waals surface area contributed by atoms with E-state index in [2.05, 4.69) is 54.6 Å². The highest BCUT2D eigenvalue weighted by Gasteiger charge is 2.42. The van der Waals surface area contributed by atoms with Crippen molar-refractivity contribution in [2.75, 3.05) is 0 Å². The van der Waals surface area contributed by atoms with Crippen LogP contribution in [0.15, 0.2) is 72.8 Å². The molecule has 116 valence electrons. The van der Waals surface area contributed by atoms with Crippen LogP contribution in [0.25, 0.3) is 10.8 Å². The lowest BCUT2D eigenvalue weighted by molar-refractivity contribution is -0.147. The maximum Gasteiger partial charge on any atom is 0.164 e. The monoisotopic (exact) mass is 304 g/mol. The molecular weight excluding hydrogens is 284 g/mol. The van der Waals surface area contributed by atoms with Crippen molar-refractivity contribution in [2.24, 2.45) is 0 Å². The van der Waals surface area contributed by atoms with Crippen molar-refractivity contribution in [3.63, 3.8) is 0 Å². The number of ether oxygens (including phenoxy) is 2. The first-order chi connectivity index (χ1) is 11.1. The molecule has 0 amide bonds. The molecule has 2 atom stereocenters. The van der Waals surface area contributed by atoms with Crippen LogP contribution in [0.1, 0.15) is 37.2 Å². The van der Waals surface area contributed by atoms with E-state index in [1.165, 1.54) is 10.8 Å². The zero-order valence-electron chi connectivity index (χ0n) is 13.4. The molecule has 23 heavy (non-hydrogen) atoms. The molecule has 0 radical (unpaired) electrons. The highest BCUT2D eigenvalue weighted by Crippen LogP contribution is 2.47. The predicted molar refractivity (Wildman–Crippen MR) is 92.1 cm³/mol. The zero-order chi connectivity index (χ0) is 15.9. The van der Waals surface area contributed by atoms with Gasteiger partial charge < -0.3 is 9.47 Å². The van der Waals surface area contributed by atoms with Crippen LogP contribution in [0.5, 0.6) is 0 Å². The van der Waals surface area contributed by atoms with Crippen LogP contribution in [0, 0.1) is 0 Å². The normalized spacial score (nSPS) is 23.2. The lowest BCUT2D eigenvalue weighted by Crippen LogP contribution is -2.20. The Hall–Kier alpha value is -2.16. The molecule has 1 saturated heterocycles. The topological polar surface area (TPSA) is 18.5 Å². The number of benzene rings is 3. The summed E-state index contributed by atoms with van der Waals surface area (Å²) in [4.78, 5) is 0. The molecule has 0 N–H and O–H groups in total. The molecule has 1 heterocycles. The molecule has 0 unspecified atom stereocenters. The summed E-state index contributed by atoms with van der Waals surface area (Å²) in [5.74, 6) is -0.586. The van der Waals surface area contributed by atoms with E-state index >= 15 is 0 Å². The molecule has 1 aliphatic rings. The van der Waals surface area contributed by atoms with Gasteiger partial charge in [0.2, 0.25) is 0 Å². The second-order valence-electron chi connectivity index (χ2n) is 6.49. The van der Waals surface area contributed by atoms with E-state index in [0.29, 0.717) is 0 Å². The molecule has 0 aromatic heterocycles. The summed E-state index contributed by atoms with van der Waals surface area (Å²) in [6, 6.07) is 25.2. The molecule has 0 aliphatic carbocycles. The SMILES string of the molecule is CC1(C)O[C@@H](c2ccccc2)[C@H](c2ccc3ccccc3c2)O1. The fourth-order valence-corrected chi connectivity index (χ4v) is 3.28. The Kier molecular flexibility index (Phi) is 3.44. The second kappa shape index (κ2) is 5.48. The number of hydrogen-bond acceptors (Lipinski definition) is 2. The second-order valence-corrected chi connectivity index (χ2v) is 6.49. The first-order valence-corrected chi connectivity index (χ1v) is 8.02. The van der Waals surface area contributed by atoms with Gasteiger partial charge in [-0.3, -0.25) is 0 Å². The molecule has 0 bridgehead atoms. The molecule has 4 rings (SSSR count). The molecule has 2 nitrogen and oxygen atoms in total. The van der Waals surface area contributed by atoms with Gasteiger partial charge in [0.05, 0.1) is 0 Å². The van der Waals surface area contributed by atoms with Gasteiger partial charge in [0.25, 0.3) is 0 Å². The largest absolute Gasteiger partial charge is 0.339 e. The average Bonchev–Trinajstić information content (AvgIpc) is 2.91. The van der Waals surface area contributed by atoms with E-state index in [1.807, 2.05) is 32.0 Å². The minimum Gasteiger partial charge on any atom is -0.339 e. The first kappa shape index (κ1) is 14.4. The van der Waals surface area contributed by atoms with Gasteiger partial charge in [-0.25, -0.2) is 0 Å². The Bertz CT molecular complexity index is 823. The van der Waals surface area contributed by atoms with E-state index < -0.39 is 5.79 Å². The number of fused-ring (bicyclic) bond motifs is 1. The highest BCUT2D eigenvalue weighted by atomic mass is 16.7. The lowest BCUT2D eigenvalue weighted by atomic mass is 9.96. The van der Waals surface area contributed by atoms with Crippen LogP contribution in [-0.4, -0.2) is 5.79 Å². The van der Waals surface area contributed by atoms with Gasteiger partial charge in [-0.15, -0.1) is 0 Å². The van der Waals surface area contributed by atoms with Crippen LogP contribution in [0.4, 0.5) is 0 Å². The van der Waals surface area contributed by atoms with Crippen molar-refractivity contribution < 1.29 is 9.47 Å². The number of rotatable bonds is 2.